The van der Waals surface area contributed by atoms with E-state index in [0.29, 0.717) is 5.95 Å². The van der Waals surface area contributed by atoms with Crippen molar-refractivity contribution in [2.45, 2.75) is 43.2 Å². The summed E-state index contributed by atoms with van der Waals surface area (Å²) in [5.41, 5.74) is 2.85. The molecule has 0 spiro atoms. The van der Waals surface area contributed by atoms with Gasteiger partial charge in [-0.2, -0.15) is 4.98 Å². The van der Waals surface area contributed by atoms with Crippen molar-refractivity contribution in [2.24, 2.45) is 0 Å². The summed E-state index contributed by atoms with van der Waals surface area (Å²) in [4.78, 5) is 26.2. The Balaban J connectivity index is 1.23. The molecule has 1 amide bonds. The van der Waals surface area contributed by atoms with Crippen LogP contribution in [0.3, 0.4) is 0 Å². The average Bonchev–Trinajstić information content (AvgIpc) is 3.03. The van der Waals surface area contributed by atoms with Gasteiger partial charge in [-0.05, 0) is 54.5 Å². The minimum atomic E-state index is -0.958. The van der Waals surface area contributed by atoms with Gasteiger partial charge in [0, 0.05) is 31.6 Å². The second kappa shape index (κ2) is 12.0. The molecular formula is C36H37N5O. The van der Waals surface area contributed by atoms with Gasteiger partial charge in [-0.25, -0.2) is 4.98 Å². The molecule has 0 bridgehead atoms. The number of hydrogen-bond donors (Lipinski definition) is 2. The van der Waals surface area contributed by atoms with Crippen LogP contribution in [0.5, 0.6) is 0 Å². The first-order valence-corrected chi connectivity index (χ1v) is 14.7. The number of nitrogens with zero attached hydrogens (tertiary/aromatic N) is 3. The zero-order valence-electron chi connectivity index (χ0n) is 24.2. The Kier molecular flexibility index (Phi) is 7.87. The molecule has 0 saturated heterocycles. The van der Waals surface area contributed by atoms with Gasteiger partial charge in [-0.15, -0.1) is 0 Å². The monoisotopic (exact) mass is 555 g/mol. The molecule has 1 fully saturated rings. The lowest BCUT2D eigenvalue weighted by Crippen LogP contribution is -2.51. The van der Waals surface area contributed by atoms with Gasteiger partial charge in [0.05, 0.1) is 5.52 Å². The van der Waals surface area contributed by atoms with Crippen molar-refractivity contribution in [3.63, 3.8) is 0 Å². The molecule has 6 heteroatoms. The number of anilines is 2. The molecule has 0 unspecified atom stereocenters. The van der Waals surface area contributed by atoms with E-state index < -0.39 is 5.41 Å². The Morgan fingerprint density at radius 2 is 1.14 bits per heavy atom. The smallest absolute Gasteiger partial charge is 0.239 e. The number of nitrogens with one attached hydrogen (secondary N) is 2. The molecular weight excluding hydrogens is 518 g/mol. The van der Waals surface area contributed by atoms with Gasteiger partial charge >= 0.3 is 0 Å². The zero-order chi connectivity index (χ0) is 28.9. The largest absolute Gasteiger partial charge is 0.362 e. The fraction of sp³-hybridized carbons (Fsp3) is 0.250. The van der Waals surface area contributed by atoms with Crippen molar-refractivity contribution in [3.8, 4) is 0 Å². The van der Waals surface area contributed by atoms with Crippen LogP contribution in [0.1, 0.15) is 42.4 Å². The van der Waals surface area contributed by atoms with Gasteiger partial charge in [-0.1, -0.05) is 103 Å². The van der Waals surface area contributed by atoms with E-state index in [4.69, 9.17) is 9.97 Å². The molecule has 42 heavy (non-hydrogen) atoms. The molecule has 1 aliphatic carbocycles. The Morgan fingerprint density at radius 1 is 0.667 bits per heavy atom. The minimum absolute atomic E-state index is 0.0102. The first kappa shape index (κ1) is 27.5. The summed E-state index contributed by atoms with van der Waals surface area (Å²) in [6.45, 7) is 0. The summed E-state index contributed by atoms with van der Waals surface area (Å²) in [7, 11) is 4.01. The molecule has 1 aliphatic rings. The van der Waals surface area contributed by atoms with Crippen molar-refractivity contribution >= 4 is 28.6 Å². The highest BCUT2D eigenvalue weighted by Gasteiger charge is 2.44. The third kappa shape index (κ3) is 5.32. The topological polar surface area (TPSA) is 70.2 Å². The van der Waals surface area contributed by atoms with Gasteiger partial charge in [0.2, 0.25) is 11.9 Å². The van der Waals surface area contributed by atoms with Gasteiger partial charge in [0.25, 0.3) is 0 Å². The number of aromatic nitrogens is 2. The number of para-hydroxylation sites is 1. The van der Waals surface area contributed by atoms with E-state index in [9.17, 15) is 4.79 Å². The molecule has 2 N–H and O–H groups in total. The van der Waals surface area contributed by atoms with E-state index in [-0.39, 0.29) is 18.0 Å². The van der Waals surface area contributed by atoms with Crippen molar-refractivity contribution in [1.82, 2.24) is 15.3 Å². The van der Waals surface area contributed by atoms with Gasteiger partial charge in [0.15, 0.2) is 0 Å². The quantitative estimate of drug-likeness (QED) is 0.212. The fourth-order valence-corrected chi connectivity index (χ4v) is 6.28. The zero-order valence-corrected chi connectivity index (χ0v) is 24.2. The molecule has 6 nitrogen and oxygen atoms in total. The van der Waals surface area contributed by atoms with E-state index in [1.54, 1.807) is 0 Å². The molecule has 1 saturated carbocycles. The van der Waals surface area contributed by atoms with Crippen LogP contribution in [-0.2, 0) is 10.2 Å². The van der Waals surface area contributed by atoms with Gasteiger partial charge in [-0.3, -0.25) is 4.79 Å². The standard InChI is InChI=1S/C36H37N5O/c1-41(2)33-31-20-12-13-21-32(31)39-35(40-33)38-30-24-22-29(23-25-30)37-34(42)36(26-14-6-3-7-15-26,27-16-8-4-9-17-27)28-18-10-5-11-19-28/h3-21,29-30H,22-25H2,1-2H3,(H,37,42)(H,38,39,40). The first-order chi connectivity index (χ1) is 20.6. The van der Waals surface area contributed by atoms with Crippen molar-refractivity contribution in [2.75, 3.05) is 24.3 Å². The normalized spacial score (nSPS) is 17.0. The number of amides is 1. The van der Waals surface area contributed by atoms with Crippen LogP contribution in [0.25, 0.3) is 10.9 Å². The Labute approximate surface area is 247 Å². The highest BCUT2D eigenvalue weighted by molar-refractivity contribution is 5.96. The summed E-state index contributed by atoms with van der Waals surface area (Å²) >= 11 is 0. The number of carbonyl (C=O) groups is 1. The summed E-state index contributed by atoms with van der Waals surface area (Å²) in [6.07, 6.45) is 3.61. The highest BCUT2D eigenvalue weighted by Crippen LogP contribution is 2.40. The Hall–Kier alpha value is -4.71. The average molecular weight is 556 g/mol. The lowest BCUT2D eigenvalue weighted by molar-refractivity contribution is -0.125. The molecule has 0 atom stereocenters. The van der Waals surface area contributed by atoms with Crippen molar-refractivity contribution < 1.29 is 4.79 Å². The van der Waals surface area contributed by atoms with Crippen LogP contribution in [0, 0.1) is 0 Å². The lowest BCUT2D eigenvalue weighted by atomic mass is 9.68. The predicted octanol–water partition coefficient (Wildman–Crippen LogP) is 6.57. The molecule has 6 rings (SSSR count). The third-order valence-electron chi connectivity index (χ3n) is 8.36. The highest BCUT2D eigenvalue weighted by atomic mass is 16.2. The van der Waals surface area contributed by atoms with E-state index in [1.165, 1.54) is 0 Å². The van der Waals surface area contributed by atoms with Crippen LogP contribution < -0.4 is 15.5 Å². The van der Waals surface area contributed by atoms with Crippen LogP contribution in [0.15, 0.2) is 115 Å². The van der Waals surface area contributed by atoms with Crippen LogP contribution in [0.2, 0.25) is 0 Å². The third-order valence-corrected chi connectivity index (χ3v) is 8.36. The molecule has 0 aliphatic heterocycles. The number of carbonyl (C=O) groups excluding carboxylic acids is 1. The van der Waals surface area contributed by atoms with Gasteiger partial charge in [0.1, 0.15) is 11.2 Å². The SMILES string of the molecule is CN(C)c1nc(NC2CCC(NC(=O)C(c3ccccc3)(c3ccccc3)c3ccccc3)CC2)nc2ccccc12. The summed E-state index contributed by atoms with van der Waals surface area (Å²) in [5, 5.41) is 8.11. The van der Waals surface area contributed by atoms with Crippen LogP contribution >= 0.6 is 0 Å². The first-order valence-electron chi connectivity index (χ1n) is 14.7. The van der Waals surface area contributed by atoms with Crippen LogP contribution in [0.4, 0.5) is 11.8 Å². The van der Waals surface area contributed by atoms with E-state index in [0.717, 1.165) is 59.1 Å². The molecule has 212 valence electrons. The predicted molar refractivity (Wildman–Crippen MR) is 171 cm³/mol. The number of benzene rings is 4. The Bertz CT molecular complexity index is 1540. The maximum Gasteiger partial charge on any atom is 0.239 e. The maximum absolute atomic E-state index is 14.6. The number of fused-ring (bicyclic) bond motifs is 1. The Morgan fingerprint density at radius 3 is 1.67 bits per heavy atom. The van der Waals surface area contributed by atoms with E-state index >= 15 is 0 Å². The summed E-state index contributed by atoms with van der Waals surface area (Å²) in [5.74, 6) is 1.57. The molecule has 1 heterocycles. The summed E-state index contributed by atoms with van der Waals surface area (Å²) in [6, 6.07) is 38.9. The van der Waals surface area contributed by atoms with Crippen molar-refractivity contribution in [1.29, 1.82) is 0 Å². The fourth-order valence-electron chi connectivity index (χ4n) is 6.28. The molecule has 5 aromatic rings. The van der Waals surface area contributed by atoms with Crippen LogP contribution in [-0.4, -0.2) is 42.1 Å². The van der Waals surface area contributed by atoms with Gasteiger partial charge < -0.3 is 15.5 Å². The van der Waals surface area contributed by atoms with E-state index in [1.807, 2.05) is 91.8 Å². The second-order valence-electron chi connectivity index (χ2n) is 11.3. The second-order valence-corrected chi connectivity index (χ2v) is 11.3. The van der Waals surface area contributed by atoms with E-state index in [2.05, 4.69) is 53.1 Å². The maximum atomic E-state index is 14.6. The molecule has 4 aromatic carbocycles. The number of rotatable bonds is 8. The summed E-state index contributed by atoms with van der Waals surface area (Å²) < 4.78 is 0. The molecule has 0 radical (unpaired) electrons. The number of hydrogen-bond acceptors (Lipinski definition) is 5. The minimum Gasteiger partial charge on any atom is -0.362 e. The molecule has 1 aromatic heterocycles. The van der Waals surface area contributed by atoms with Crippen molar-refractivity contribution in [3.05, 3.63) is 132 Å². The lowest BCUT2D eigenvalue weighted by Gasteiger charge is -2.37.